The molecule has 0 amide bonds. The van der Waals surface area contributed by atoms with Gasteiger partial charge < -0.3 is 4.74 Å². The SMILES string of the molecule is CC(C1OC1(C)C)N(Cc1ccccc1)Cc1ccccc1. The maximum absolute atomic E-state index is 5.88. The maximum Gasteiger partial charge on any atom is 0.102 e. The van der Waals surface area contributed by atoms with Crippen LogP contribution >= 0.6 is 0 Å². The summed E-state index contributed by atoms with van der Waals surface area (Å²) in [6.45, 7) is 8.54. The van der Waals surface area contributed by atoms with Gasteiger partial charge in [-0.15, -0.1) is 0 Å². The quantitative estimate of drug-likeness (QED) is 0.740. The van der Waals surface area contributed by atoms with Crippen LogP contribution in [0.2, 0.25) is 0 Å². The fourth-order valence-corrected chi connectivity index (χ4v) is 3.14. The summed E-state index contributed by atoms with van der Waals surface area (Å²) in [6, 6.07) is 21.8. The second-order valence-corrected chi connectivity index (χ2v) is 6.76. The Balaban J connectivity index is 1.76. The molecule has 0 radical (unpaired) electrons. The molecule has 116 valence electrons. The zero-order valence-corrected chi connectivity index (χ0v) is 13.7. The van der Waals surface area contributed by atoms with E-state index in [4.69, 9.17) is 4.74 Å². The predicted octanol–water partition coefficient (Wildman–Crippen LogP) is 4.25. The van der Waals surface area contributed by atoms with Crippen LogP contribution in [0.3, 0.4) is 0 Å². The average Bonchev–Trinajstić information content (AvgIpc) is 3.17. The van der Waals surface area contributed by atoms with Crippen LogP contribution < -0.4 is 0 Å². The summed E-state index contributed by atoms with van der Waals surface area (Å²) in [5, 5.41) is 0. The van der Waals surface area contributed by atoms with E-state index >= 15 is 0 Å². The molecule has 2 aromatic rings. The zero-order valence-electron chi connectivity index (χ0n) is 13.7. The van der Waals surface area contributed by atoms with E-state index in [0.717, 1.165) is 13.1 Å². The number of ether oxygens (including phenoxy) is 1. The third-order valence-corrected chi connectivity index (χ3v) is 4.53. The van der Waals surface area contributed by atoms with Crippen molar-refractivity contribution >= 4 is 0 Å². The van der Waals surface area contributed by atoms with E-state index in [-0.39, 0.29) is 5.60 Å². The number of hydrogen-bond donors (Lipinski definition) is 0. The third-order valence-electron chi connectivity index (χ3n) is 4.53. The van der Waals surface area contributed by atoms with Crippen molar-refractivity contribution in [1.29, 1.82) is 0 Å². The summed E-state index contributed by atoms with van der Waals surface area (Å²) in [6.07, 6.45) is 0.319. The van der Waals surface area contributed by atoms with Crippen molar-refractivity contribution in [3.63, 3.8) is 0 Å². The van der Waals surface area contributed by atoms with E-state index in [0.29, 0.717) is 12.1 Å². The highest BCUT2D eigenvalue weighted by atomic mass is 16.6. The summed E-state index contributed by atoms with van der Waals surface area (Å²) in [5.74, 6) is 0. The van der Waals surface area contributed by atoms with E-state index in [1.54, 1.807) is 0 Å². The van der Waals surface area contributed by atoms with Gasteiger partial charge in [-0.2, -0.15) is 0 Å². The van der Waals surface area contributed by atoms with Crippen LogP contribution in [0.25, 0.3) is 0 Å². The lowest BCUT2D eigenvalue weighted by Gasteiger charge is -2.29. The highest BCUT2D eigenvalue weighted by Crippen LogP contribution is 2.40. The van der Waals surface area contributed by atoms with Gasteiger partial charge in [0.15, 0.2) is 0 Å². The smallest absolute Gasteiger partial charge is 0.102 e. The first-order chi connectivity index (χ1) is 10.6. The molecule has 22 heavy (non-hydrogen) atoms. The molecule has 0 N–H and O–H groups in total. The lowest BCUT2D eigenvalue weighted by Crippen LogP contribution is -2.37. The summed E-state index contributed by atoms with van der Waals surface area (Å²) >= 11 is 0. The van der Waals surface area contributed by atoms with Crippen molar-refractivity contribution < 1.29 is 4.74 Å². The Kier molecular flexibility index (Phi) is 4.32. The topological polar surface area (TPSA) is 15.8 Å². The van der Waals surface area contributed by atoms with Crippen molar-refractivity contribution in [3.8, 4) is 0 Å². The monoisotopic (exact) mass is 295 g/mol. The Morgan fingerprint density at radius 2 is 1.32 bits per heavy atom. The first kappa shape index (κ1) is 15.3. The molecule has 1 aliphatic rings. The number of hydrogen-bond acceptors (Lipinski definition) is 2. The normalized spacial score (nSPS) is 20.8. The van der Waals surface area contributed by atoms with Crippen LogP contribution in [-0.2, 0) is 17.8 Å². The van der Waals surface area contributed by atoms with Gasteiger partial charge >= 0.3 is 0 Å². The molecule has 0 aliphatic carbocycles. The van der Waals surface area contributed by atoms with Crippen molar-refractivity contribution in [2.45, 2.75) is 51.6 Å². The molecule has 1 heterocycles. The summed E-state index contributed by atoms with van der Waals surface area (Å²) in [7, 11) is 0. The Morgan fingerprint density at radius 3 is 1.68 bits per heavy atom. The molecular formula is C20H25NO. The molecule has 0 bridgehead atoms. The largest absolute Gasteiger partial charge is 0.365 e. The highest BCUT2D eigenvalue weighted by molar-refractivity contribution is 5.18. The van der Waals surface area contributed by atoms with Crippen LogP contribution in [0.1, 0.15) is 31.9 Å². The van der Waals surface area contributed by atoms with Gasteiger partial charge in [0, 0.05) is 19.1 Å². The van der Waals surface area contributed by atoms with E-state index in [1.165, 1.54) is 11.1 Å². The number of epoxide rings is 1. The fraction of sp³-hybridized carbons (Fsp3) is 0.400. The van der Waals surface area contributed by atoms with Gasteiger partial charge in [0.1, 0.15) is 6.10 Å². The number of rotatable bonds is 6. The van der Waals surface area contributed by atoms with Gasteiger partial charge in [0.25, 0.3) is 0 Å². The zero-order chi connectivity index (χ0) is 15.6. The van der Waals surface area contributed by atoms with Gasteiger partial charge in [-0.05, 0) is 31.9 Å². The lowest BCUT2D eigenvalue weighted by molar-refractivity contribution is 0.157. The van der Waals surface area contributed by atoms with Crippen molar-refractivity contribution in [2.24, 2.45) is 0 Å². The van der Waals surface area contributed by atoms with E-state index < -0.39 is 0 Å². The Bertz CT molecular complexity index is 552. The standard InChI is InChI=1S/C20H25NO/c1-16(19-20(2,3)22-19)21(14-17-10-6-4-7-11-17)15-18-12-8-5-9-13-18/h4-13,16,19H,14-15H2,1-3H3. The van der Waals surface area contributed by atoms with Crippen LogP contribution in [-0.4, -0.2) is 22.6 Å². The molecule has 2 unspecified atom stereocenters. The minimum absolute atomic E-state index is 0.0189. The van der Waals surface area contributed by atoms with Gasteiger partial charge in [0.2, 0.25) is 0 Å². The van der Waals surface area contributed by atoms with Crippen LogP contribution in [0.5, 0.6) is 0 Å². The van der Waals surface area contributed by atoms with Crippen LogP contribution in [0, 0.1) is 0 Å². The summed E-state index contributed by atoms with van der Waals surface area (Å²) < 4.78 is 5.88. The van der Waals surface area contributed by atoms with Crippen molar-refractivity contribution in [1.82, 2.24) is 4.90 Å². The van der Waals surface area contributed by atoms with E-state index in [2.05, 4.69) is 86.3 Å². The molecule has 1 saturated heterocycles. The molecule has 0 aromatic heterocycles. The Morgan fingerprint density at radius 1 is 0.909 bits per heavy atom. The molecule has 0 spiro atoms. The molecule has 3 rings (SSSR count). The van der Waals surface area contributed by atoms with Crippen LogP contribution in [0.4, 0.5) is 0 Å². The van der Waals surface area contributed by atoms with E-state index in [1.807, 2.05) is 0 Å². The average molecular weight is 295 g/mol. The summed E-state index contributed by atoms with van der Waals surface area (Å²) in [5.41, 5.74) is 2.72. The Hall–Kier alpha value is -1.64. The molecule has 2 atom stereocenters. The number of nitrogens with zero attached hydrogens (tertiary/aromatic N) is 1. The molecule has 2 nitrogen and oxygen atoms in total. The lowest BCUT2D eigenvalue weighted by atomic mass is 10.0. The van der Waals surface area contributed by atoms with E-state index in [9.17, 15) is 0 Å². The van der Waals surface area contributed by atoms with Gasteiger partial charge in [-0.25, -0.2) is 0 Å². The Labute approximate surface area is 133 Å². The number of benzene rings is 2. The summed E-state index contributed by atoms with van der Waals surface area (Å²) in [4.78, 5) is 2.52. The molecule has 2 aromatic carbocycles. The van der Waals surface area contributed by atoms with Gasteiger partial charge in [-0.3, -0.25) is 4.90 Å². The van der Waals surface area contributed by atoms with Crippen molar-refractivity contribution in [2.75, 3.05) is 0 Å². The molecule has 1 aliphatic heterocycles. The maximum atomic E-state index is 5.88. The van der Waals surface area contributed by atoms with Crippen molar-refractivity contribution in [3.05, 3.63) is 71.8 Å². The first-order valence-corrected chi connectivity index (χ1v) is 8.06. The predicted molar refractivity (Wildman–Crippen MR) is 90.5 cm³/mol. The molecule has 1 fully saturated rings. The molecule has 2 heteroatoms. The first-order valence-electron chi connectivity index (χ1n) is 8.06. The highest BCUT2D eigenvalue weighted by Gasteiger charge is 2.52. The van der Waals surface area contributed by atoms with Crippen LogP contribution in [0.15, 0.2) is 60.7 Å². The third kappa shape index (κ3) is 3.57. The molecule has 0 saturated carbocycles. The minimum atomic E-state index is 0.0189. The second-order valence-electron chi connectivity index (χ2n) is 6.76. The molecular weight excluding hydrogens is 270 g/mol. The van der Waals surface area contributed by atoms with Gasteiger partial charge in [0.05, 0.1) is 5.60 Å². The minimum Gasteiger partial charge on any atom is -0.365 e. The fourth-order valence-electron chi connectivity index (χ4n) is 3.14. The van der Waals surface area contributed by atoms with Gasteiger partial charge in [-0.1, -0.05) is 60.7 Å². The second kappa shape index (κ2) is 6.23.